The Morgan fingerprint density at radius 1 is 1.25 bits per heavy atom. The lowest BCUT2D eigenvalue weighted by Crippen LogP contribution is -2.39. The summed E-state index contributed by atoms with van der Waals surface area (Å²) in [5.74, 6) is 0.822. The van der Waals surface area contributed by atoms with Crippen LogP contribution in [0.5, 0.6) is 5.75 Å². The molecule has 0 aliphatic carbocycles. The molecule has 1 atom stereocenters. The summed E-state index contributed by atoms with van der Waals surface area (Å²) in [7, 11) is 0. The molecule has 1 aromatic heterocycles. The van der Waals surface area contributed by atoms with Crippen molar-refractivity contribution in [2.45, 2.75) is 26.6 Å². The van der Waals surface area contributed by atoms with Gasteiger partial charge in [0.05, 0.1) is 13.2 Å². The highest BCUT2D eigenvalue weighted by Crippen LogP contribution is 2.26. The fourth-order valence-electron chi connectivity index (χ4n) is 2.56. The maximum absolute atomic E-state index is 12.2. The van der Waals surface area contributed by atoms with E-state index >= 15 is 0 Å². The van der Waals surface area contributed by atoms with Crippen LogP contribution in [0.4, 0.5) is 14.7 Å². The van der Waals surface area contributed by atoms with Gasteiger partial charge in [0, 0.05) is 18.4 Å². The van der Waals surface area contributed by atoms with Gasteiger partial charge in [0.2, 0.25) is 5.95 Å². The number of hydrogen-bond donors (Lipinski definition) is 0. The van der Waals surface area contributed by atoms with E-state index in [0.717, 1.165) is 16.8 Å². The molecule has 1 aliphatic rings. The average Bonchev–Trinajstić information content (AvgIpc) is 2.58. The second-order valence-corrected chi connectivity index (χ2v) is 5.69. The van der Waals surface area contributed by atoms with Crippen molar-refractivity contribution in [1.29, 1.82) is 0 Å². The van der Waals surface area contributed by atoms with Gasteiger partial charge in [-0.3, -0.25) is 0 Å². The molecule has 0 spiro atoms. The van der Waals surface area contributed by atoms with Crippen molar-refractivity contribution < 1.29 is 18.3 Å². The number of aryl methyl sites for hydroxylation is 2. The van der Waals surface area contributed by atoms with E-state index in [4.69, 9.17) is 4.74 Å². The first-order valence-corrected chi connectivity index (χ1v) is 7.74. The number of alkyl halides is 2. The average molecular weight is 335 g/mol. The van der Waals surface area contributed by atoms with Crippen LogP contribution in [0.15, 0.2) is 30.5 Å². The van der Waals surface area contributed by atoms with E-state index in [2.05, 4.69) is 19.6 Å². The SMILES string of the molecule is Cc1cnc(N2CCO[C@@H](c3ccc(OC(F)F)cc3)C2)nc1C. The standard InChI is InChI=1S/C17H19F2N3O2/c1-11-9-20-17(21-12(11)2)22-7-8-23-15(10-22)13-3-5-14(6-4-13)24-16(18)19/h3-6,9,15-16H,7-8,10H2,1-2H3/t15-/m1/s1. The van der Waals surface area contributed by atoms with Gasteiger partial charge in [0.15, 0.2) is 0 Å². The van der Waals surface area contributed by atoms with Crippen LogP contribution in [-0.4, -0.2) is 36.3 Å². The van der Waals surface area contributed by atoms with Gasteiger partial charge in [0.1, 0.15) is 11.9 Å². The fourth-order valence-corrected chi connectivity index (χ4v) is 2.56. The van der Waals surface area contributed by atoms with Crippen LogP contribution in [0, 0.1) is 13.8 Å². The number of hydrogen-bond acceptors (Lipinski definition) is 5. The molecular formula is C17H19F2N3O2. The molecule has 2 heterocycles. The third-order valence-corrected chi connectivity index (χ3v) is 4.04. The Morgan fingerprint density at radius 2 is 2.00 bits per heavy atom. The lowest BCUT2D eigenvalue weighted by Gasteiger charge is -2.33. The monoisotopic (exact) mass is 335 g/mol. The summed E-state index contributed by atoms with van der Waals surface area (Å²) in [6.45, 7) is 2.99. The third kappa shape index (κ3) is 3.79. The Morgan fingerprint density at radius 3 is 2.67 bits per heavy atom. The number of nitrogens with zero attached hydrogens (tertiary/aromatic N) is 3. The van der Waals surface area contributed by atoms with Gasteiger partial charge in [0.25, 0.3) is 0 Å². The molecule has 0 unspecified atom stereocenters. The van der Waals surface area contributed by atoms with Gasteiger partial charge in [-0.05, 0) is 37.1 Å². The zero-order valence-corrected chi connectivity index (χ0v) is 13.6. The quantitative estimate of drug-likeness (QED) is 0.858. The smallest absolute Gasteiger partial charge is 0.387 e. The van der Waals surface area contributed by atoms with Gasteiger partial charge in [-0.15, -0.1) is 0 Å². The van der Waals surface area contributed by atoms with Crippen LogP contribution in [0.3, 0.4) is 0 Å². The van der Waals surface area contributed by atoms with Crippen molar-refractivity contribution in [2.75, 3.05) is 24.6 Å². The molecule has 3 rings (SSSR count). The molecule has 1 saturated heterocycles. The Bertz CT molecular complexity index is 695. The first kappa shape index (κ1) is 16.6. The molecule has 5 nitrogen and oxygen atoms in total. The number of aromatic nitrogens is 2. The van der Waals surface area contributed by atoms with E-state index in [1.807, 2.05) is 20.0 Å². The first-order chi connectivity index (χ1) is 11.5. The number of halogens is 2. The molecule has 2 aromatic rings. The number of ether oxygens (including phenoxy) is 2. The van der Waals surface area contributed by atoms with Crippen LogP contribution < -0.4 is 9.64 Å². The summed E-state index contributed by atoms with van der Waals surface area (Å²) in [5, 5.41) is 0. The van der Waals surface area contributed by atoms with E-state index in [1.165, 1.54) is 12.1 Å². The van der Waals surface area contributed by atoms with Crippen LogP contribution in [0.25, 0.3) is 0 Å². The Hall–Kier alpha value is -2.28. The lowest BCUT2D eigenvalue weighted by atomic mass is 10.1. The van der Waals surface area contributed by atoms with Crippen molar-refractivity contribution >= 4 is 5.95 Å². The Balaban J connectivity index is 1.72. The van der Waals surface area contributed by atoms with Crippen molar-refractivity contribution in [1.82, 2.24) is 9.97 Å². The third-order valence-electron chi connectivity index (χ3n) is 4.04. The van der Waals surface area contributed by atoms with Crippen molar-refractivity contribution in [2.24, 2.45) is 0 Å². The van der Waals surface area contributed by atoms with Crippen LogP contribution >= 0.6 is 0 Å². The topological polar surface area (TPSA) is 47.5 Å². The second kappa shape index (κ2) is 7.09. The minimum Gasteiger partial charge on any atom is -0.435 e. The summed E-state index contributed by atoms with van der Waals surface area (Å²) in [4.78, 5) is 11.0. The minimum atomic E-state index is -2.82. The minimum absolute atomic E-state index is 0.138. The molecule has 1 aliphatic heterocycles. The summed E-state index contributed by atoms with van der Waals surface area (Å²) in [5.41, 5.74) is 2.92. The highest BCUT2D eigenvalue weighted by atomic mass is 19.3. The number of anilines is 1. The maximum atomic E-state index is 12.2. The van der Waals surface area contributed by atoms with E-state index in [1.54, 1.807) is 12.1 Å². The molecule has 0 N–H and O–H groups in total. The molecule has 0 bridgehead atoms. The molecule has 0 saturated carbocycles. The summed E-state index contributed by atoms with van der Waals surface area (Å²) in [6.07, 6.45) is 1.66. The van der Waals surface area contributed by atoms with Crippen LogP contribution in [0.2, 0.25) is 0 Å². The normalized spacial score (nSPS) is 18.0. The van der Waals surface area contributed by atoms with E-state index in [9.17, 15) is 8.78 Å². The highest BCUT2D eigenvalue weighted by Gasteiger charge is 2.24. The molecule has 128 valence electrons. The first-order valence-electron chi connectivity index (χ1n) is 7.74. The van der Waals surface area contributed by atoms with Crippen molar-refractivity contribution in [3.63, 3.8) is 0 Å². The number of morpholine rings is 1. The highest BCUT2D eigenvalue weighted by molar-refractivity contribution is 5.35. The van der Waals surface area contributed by atoms with Gasteiger partial charge >= 0.3 is 6.61 Å². The fraction of sp³-hybridized carbons (Fsp3) is 0.412. The van der Waals surface area contributed by atoms with Crippen molar-refractivity contribution in [3.05, 3.63) is 47.3 Å². The Labute approximate surface area is 139 Å². The molecule has 24 heavy (non-hydrogen) atoms. The Kier molecular flexibility index (Phi) is 4.89. The molecular weight excluding hydrogens is 316 g/mol. The van der Waals surface area contributed by atoms with Gasteiger partial charge in [-0.1, -0.05) is 12.1 Å². The van der Waals surface area contributed by atoms with E-state index in [-0.39, 0.29) is 11.9 Å². The second-order valence-electron chi connectivity index (χ2n) is 5.69. The predicted octanol–water partition coefficient (Wildman–Crippen LogP) is 3.27. The van der Waals surface area contributed by atoms with Gasteiger partial charge < -0.3 is 14.4 Å². The maximum Gasteiger partial charge on any atom is 0.387 e. The van der Waals surface area contributed by atoms with Gasteiger partial charge in [-0.2, -0.15) is 8.78 Å². The molecule has 1 fully saturated rings. The van der Waals surface area contributed by atoms with Crippen LogP contribution in [0.1, 0.15) is 22.9 Å². The summed E-state index contributed by atoms with van der Waals surface area (Å²) < 4.78 is 34.6. The zero-order valence-electron chi connectivity index (χ0n) is 13.6. The van der Waals surface area contributed by atoms with E-state index < -0.39 is 6.61 Å². The molecule has 0 amide bonds. The van der Waals surface area contributed by atoms with Gasteiger partial charge in [-0.25, -0.2) is 9.97 Å². The predicted molar refractivity (Wildman–Crippen MR) is 85.5 cm³/mol. The lowest BCUT2D eigenvalue weighted by molar-refractivity contribution is -0.0498. The number of benzene rings is 1. The zero-order chi connectivity index (χ0) is 17.1. The largest absolute Gasteiger partial charge is 0.435 e. The summed E-state index contributed by atoms with van der Waals surface area (Å²) >= 11 is 0. The van der Waals surface area contributed by atoms with E-state index in [0.29, 0.717) is 25.6 Å². The summed E-state index contributed by atoms with van der Waals surface area (Å²) in [6, 6.07) is 6.53. The molecule has 7 heteroatoms. The van der Waals surface area contributed by atoms with Crippen LogP contribution in [-0.2, 0) is 4.74 Å². The molecule has 0 radical (unpaired) electrons. The number of rotatable bonds is 4. The molecule has 1 aromatic carbocycles. The van der Waals surface area contributed by atoms with Crippen molar-refractivity contribution in [3.8, 4) is 5.75 Å².